The van der Waals surface area contributed by atoms with Crippen LogP contribution >= 0.6 is 23.5 Å². The Bertz CT molecular complexity index is 380. The summed E-state index contributed by atoms with van der Waals surface area (Å²) >= 11 is 3.92. The fourth-order valence-corrected chi connectivity index (χ4v) is 4.90. The first-order valence-corrected chi connectivity index (χ1v) is 9.22. The van der Waals surface area contributed by atoms with Crippen molar-refractivity contribution in [1.82, 2.24) is 15.5 Å². The van der Waals surface area contributed by atoms with Crippen molar-refractivity contribution in [3.8, 4) is 0 Å². The van der Waals surface area contributed by atoms with Crippen LogP contribution in [-0.4, -0.2) is 40.0 Å². The van der Waals surface area contributed by atoms with E-state index in [1.807, 2.05) is 23.5 Å². The molecule has 1 aliphatic rings. The highest BCUT2D eigenvalue weighted by atomic mass is 32.2. The zero-order chi connectivity index (χ0) is 13.7. The van der Waals surface area contributed by atoms with Gasteiger partial charge in [0.05, 0.1) is 11.2 Å². The molecular formula is C13H23N3OS2. The van der Waals surface area contributed by atoms with Crippen LogP contribution in [0.25, 0.3) is 0 Å². The molecule has 1 fully saturated rings. The van der Waals surface area contributed by atoms with Crippen molar-refractivity contribution in [3.05, 3.63) is 11.7 Å². The van der Waals surface area contributed by atoms with E-state index >= 15 is 0 Å². The van der Waals surface area contributed by atoms with Gasteiger partial charge in [-0.05, 0) is 13.0 Å². The zero-order valence-corrected chi connectivity index (χ0v) is 13.5. The van der Waals surface area contributed by atoms with E-state index in [9.17, 15) is 0 Å². The van der Waals surface area contributed by atoms with Crippen LogP contribution in [0, 0.1) is 0 Å². The molecule has 0 bridgehead atoms. The van der Waals surface area contributed by atoms with Crippen molar-refractivity contribution in [2.45, 2.75) is 44.4 Å². The molecule has 1 aromatic rings. The van der Waals surface area contributed by atoms with E-state index in [1.165, 1.54) is 11.5 Å². The minimum absolute atomic E-state index is 0.271. The highest BCUT2D eigenvalue weighted by Gasteiger charge is 2.26. The van der Waals surface area contributed by atoms with Gasteiger partial charge in [0.2, 0.25) is 5.89 Å². The lowest BCUT2D eigenvalue weighted by Gasteiger charge is -2.20. The van der Waals surface area contributed by atoms with E-state index in [0.717, 1.165) is 30.4 Å². The second kappa shape index (κ2) is 7.55. The summed E-state index contributed by atoms with van der Waals surface area (Å²) in [7, 11) is 0. The molecule has 0 radical (unpaired) electrons. The van der Waals surface area contributed by atoms with Crippen LogP contribution in [0.15, 0.2) is 4.52 Å². The summed E-state index contributed by atoms with van der Waals surface area (Å²) in [4.78, 5) is 4.63. The number of nitrogens with one attached hydrogen (secondary N) is 1. The van der Waals surface area contributed by atoms with Gasteiger partial charge in [-0.2, -0.15) is 16.7 Å². The number of rotatable bonds is 6. The summed E-state index contributed by atoms with van der Waals surface area (Å²) in [6.07, 6.45) is 1.07. The molecule has 2 rings (SSSR count). The average Bonchev–Trinajstić information content (AvgIpc) is 2.95. The zero-order valence-electron chi connectivity index (χ0n) is 11.9. The first kappa shape index (κ1) is 15.2. The molecule has 0 spiro atoms. The molecule has 3 atom stereocenters. The van der Waals surface area contributed by atoms with Gasteiger partial charge >= 0.3 is 0 Å². The van der Waals surface area contributed by atoms with Crippen LogP contribution in [0.4, 0.5) is 0 Å². The highest BCUT2D eigenvalue weighted by Crippen LogP contribution is 2.35. The quantitative estimate of drug-likeness (QED) is 0.871. The normalized spacial score (nSPS) is 23.2. The van der Waals surface area contributed by atoms with Crippen molar-refractivity contribution in [3.63, 3.8) is 0 Å². The standard InChI is InChI=1S/C13H23N3OS2/c1-4-10(14-5-2)9(3)13-15-12(16-17-13)11-8-18-6-7-19-11/h9-11,14H,4-8H2,1-3H3. The molecule has 108 valence electrons. The summed E-state index contributed by atoms with van der Waals surface area (Å²) in [5.41, 5.74) is 0. The minimum Gasteiger partial charge on any atom is -0.339 e. The van der Waals surface area contributed by atoms with Gasteiger partial charge in [-0.1, -0.05) is 25.9 Å². The minimum atomic E-state index is 0.271. The summed E-state index contributed by atoms with van der Waals surface area (Å²) in [6, 6.07) is 0.409. The number of nitrogens with zero attached hydrogens (tertiary/aromatic N) is 2. The van der Waals surface area contributed by atoms with Crippen LogP contribution in [0.1, 0.15) is 50.1 Å². The lowest BCUT2D eigenvalue weighted by atomic mass is 9.99. The number of likely N-dealkylation sites (N-methyl/N-ethyl adjacent to an activating group) is 1. The molecular weight excluding hydrogens is 278 g/mol. The van der Waals surface area contributed by atoms with Gasteiger partial charge in [-0.3, -0.25) is 0 Å². The molecule has 19 heavy (non-hydrogen) atoms. The maximum Gasteiger partial charge on any atom is 0.231 e. The Morgan fingerprint density at radius 3 is 2.89 bits per heavy atom. The Hall–Kier alpha value is -0.200. The topological polar surface area (TPSA) is 51.0 Å². The van der Waals surface area contributed by atoms with Gasteiger partial charge in [-0.15, -0.1) is 11.8 Å². The molecule has 1 saturated heterocycles. The SMILES string of the molecule is CCNC(CC)C(C)c1nc(C2CSCCS2)no1. The van der Waals surface area contributed by atoms with Gasteiger partial charge in [0.15, 0.2) is 5.82 Å². The first-order chi connectivity index (χ1) is 9.26. The smallest absolute Gasteiger partial charge is 0.231 e. The maximum absolute atomic E-state index is 5.49. The van der Waals surface area contributed by atoms with Crippen molar-refractivity contribution in [2.75, 3.05) is 23.8 Å². The third-order valence-corrected chi connectivity index (χ3v) is 6.21. The average molecular weight is 301 g/mol. The van der Waals surface area contributed by atoms with Crippen LogP contribution in [0.3, 0.4) is 0 Å². The Morgan fingerprint density at radius 2 is 2.26 bits per heavy atom. The molecule has 0 aliphatic carbocycles. The van der Waals surface area contributed by atoms with Crippen LogP contribution in [-0.2, 0) is 0 Å². The molecule has 3 unspecified atom stereocenters. The predicted molar refractivity (Wildman–Crippen MR) is 83.0 cm³/mol. The van der Waals surface area contributed by atoms with Crippen molar-refractivity contribution >= 4 is 23.5 Å². The molecule has 1 aliphatic heterocycles. The lowest BCUT2D eigenvalue weighted by Crippen LogP contribution is -2.33. The van der Waals surface area contributed by atoms with Crippen LogP contribution in [0.5, 0.6) is 0 Å². The Labute approximate surface area is 123 Å². The van der Waals surface area contributed by atoms with Crippen LogP contribution < -0.4 is 5.32 Å². The van der Waals surface area contributed by atoms with Crippen molar-refractivity contribution in [2.24, 2.45) is 0 Å². The summed E-state index contributed by atoms with van der Waals surface area (Å²) < 4.78 is 5.49. The molecule has 1 aromatic heterocycles. The molecule has 0 aromatic carbocycles. The summed E-state index contributed by atoms with van der Waals surface area (Å²) in [5, 5.41) is 8.08. The molecule has 0 saturated carbocycles. The molecule has 2 heterocycles. The number of hydrogen-bond donors (Lipinski definition) is 1. The van der Waals surface area contributed by atoms with Gasteiger partial charge in [0, 0.05) is 23.3 Å². The molecule has 4 nitrogen and oxygen atoms in total. The summed E-state index contributed by atoms with van der Waals surface area (Å²) in [5.74, 6) is 5.45. The maximum atomic E-state index is 5.49. The third-order valence-electron chi connectivity index (χ3n) is 3.46. The molecule has 0 amide bonds. The highest BCUT2D eigenvalue weighted by molar-refractivity contribution is 8.06. The summed E-state index contributed by atoms with van der Waals surface area (Å²) in [6.45, 7) is 7.45. The lowest BCUT2D eigenvalue weighted by molar-refractivity contribution is 0.319. The second-order valence-corrected chi connectivity index (χ2v) is 7.25. The van der Waals surface area contributed by atoms with E-state index in [4.69, 9.17) is 4.52 Å². The van der Waals surface area contributed by atoms with E-state index in [0.29, 0.717) is 11.3 Å². The Kier molecular flexibility index (Phi) is 6.04. The van der Waals surface area contributed by atoms with E-state index in [-0.39, 0.29) is 5.92 Å². The van der Waals surface area contributed by atoms with E-state index < -0.39 is 0 Å². The largest absolute Gasteiger partial charge is 0.339 e. The number of thioether (sulfide) groups is 2. The third kappa shape index (κ3) is 3.89. The number of aromatic nitrogens is 2. The number of hydrogen-bond acceptors (Lipinski definition) is 6. The second-order valence-electron chi connectivity index (χ2n) is 4.79. The van der Waals surface area contributed by atoms with Crippen molar-refractivity contribution < 1.29 is 4.52 Å². The van der Waals surface area contributed by atoms with Gasteiger partial charge < -0.3 is 9.84 Å². The monoisotopic (exact) mass is 301 g/mol. The van der Waals surface area contributed by atoms with Gasteiger partial charge in [0.25, 0.3) is 0 Å². The fraction of sp³-hybridized carbons (Fsp3) is 0.846. The van der Waals surface area contributed by atoms with Gasteiger partial charge in [0.1, 0.15) is 0 Å². The Morgan fingerprint density at radius 1 is 1.42 bits per heavy atom. The van der Waals surface area contributed by atoms with Crippen molar-refractivity contribution in [1.29, 1.82) is 0 Å². The fourth-order valence-electron chi connectivity index (χ4n) is 2.31. The Balaban J connectivity index is 2.02. The van der Waals surface area contributed by atoms with Gasteiger partial charge in [-0.25, -0.2) is 0 Å². The molecule has 6 heteroatoms. The first-order valence-electron chi connectivity index (χ1n) is 7.02. The van der Waals surface area contributed by atoms with E-state index in [2.05, 4.69) is 36.2 Å². The molecule has 1 N–H and O–H groups in total. The van der Waals surface area contributed by atoms with Crippen LogP contribution in [0.2, 0.25) is 0 Å². The predicted octanol–water partition coefficient (Wildman–Crippen LogP) is 3.08. The van der Waals surface area contributed by atoms with E-state index in [1.54, 1.807) is 0 Å².